The minimum Gasteiger partial charge on any atom is -0.462 e. The number of hydrogen-bond donors (Lipinski definition) is 6. The highest BCUT2D eigenvalue weighted by atomic mass is 31.2. The largest absolute Gasteiger partial charge is 0.472 e. The Kier molecular flexibility index (Phi) is 31.8. The second-order valence-electron chi connectivity index (χ2n) is 16.6. The van der Waals surface area contributed by atoms with Crippen LogP contribution in [-0.2, 0) is 37.4 Å². The van der Waals surface area contributed by atoms with Crippen LogP contribution in [-0.4, -0.2) is 111 Å². The summed E-state index contributed by atoms with van der Waals surface area (Å²) in [7, 11) is -5.15. The molecule has 0 aromatic carbocycles. The lowest BCUT2D eigenvalue weighted by Crippen LogP contribution is -2.64. The van der Waals surface area contributed by atoms with E-state index in [2.05, 4.69) is 68.5 Å². The van der Waals surface area contributed by atoms with E-state index in [1.807, 2.05) is 18.2 Å². The molecular weight excluding hydrogens is 843 g/mol. The molecule has 0 spiro atoms. The van der Waals surface area contributed by atoms with Gasteiger partial charge in [0.2, 0.25) is 0 Å². The molecule has 1 aliphatic carbocycles. The molecule has 0 bridgehead atoms. The van der Waals surface area contributed by atoms with Gasteiger partial charge in [0.1, 0.15) is 43.2 Å². The second kappa shape index (κ2) is 35.4. The predicted octanol–water partition coefficient (Wildman–Crippen LogP) is 8.49. The van der Waals surface area contributed by atoms with E-state index in [-0.39, 0.29) is 12.8 Å². The molecule has 6 N–H and O–H groups in total. The number of aliphatic hydroxyl groups is 5. The fourth-order valence-corrected chi connectivity index (χ4v) is 7.95. The van der Waals surface area contributed by atoms with E-state index in [9.17, 15) is 44.6 Å². The van der Waals surface area contributed by atoms with Crippen molar-refractivity contribution >= 4 is 19.8 Å². The van der Waals surface area contributed by atoms with Gasteiger partial charge in [-0.15, -0.1) is 0 Å². The van der Waals surface area contributed by atoms with E-state index in [4.69, 9.17) is 23.3 Å². The predicted molar refractivity (Wildman–Crippen MR) is 248 cm³/mol. The van der Waals surface area contributed by atoms with Crippen LogP contribution in [0.4, 0.5) is 0 Å². The number of esters is 2. The maximum Gasteiger partial charge on any atom is 0.472 e. The van der Waals surface area contributed by atoms with Crippen LogP contribution in [0.5, 0.6) is 0 Å². The third-order valence-corrected chi connectivity index (χ3v) is 11.9. The zero-order valence-corrected chi connectivity index (χ0v) is 39.4. The Bertz CT molecular complexity index is 1460. The molecule has 14 nitrogen and oxygen atoms in total. The average molecular weight is 925 g/mol. The van der Waals surface area contributed by atoms with Crippen molar-refractivity contribution in [3.8, 4) is 0 Å². The van der Waals surface area contributed by atoms with E-state index in [0.717, 1.165) is 70.6 Å². The molecule has 0 aromatic heterocycles. The first-order valence-electron chi connectivity index (χ1n) is 23.9. The summed E-state index contributed by atoms with van der Waals surface area (Å²) in [6.07, 6.45) is 32.8. The number of ether oxygens (including phenoxy) is 3. The minimum absolute atomic E-state index is 0.0342. The molecular formula is C49H81O14P. The van der Waals surface area contributed by atoms with Crippen molar-refractivity contribution in [2.45, 2.75) is 210 Å². The van der Waals surface area contributed by atoms with Crippen molar-refractivity contribution in [1.82, 2.24) is 0 Å². The number of epoxide rings is 1. The molecule has 1 saturated carbocycles. The third-order valence-electron chi connectivity index (χ3n) is 11.0. The highest BCUT2D eigenvalue weighted by Crippen LogP contribution is 2.47. The van der Waals surface area contributed by atoms with Crippen LogP contribution in [0.25, 0.3) is 0 Å². The summed E-state index contributed by atoms with van der Waals surface area (Å²) in [5, 5.41) is 50.2. The molecule has 0 amide bonds. The quantitative estimate of drug-likeness (QED) is 0.0113. The van der Waals surface area contributed by atoms with Crippen LogP contribution in [0.1, 0.15) is 155 Å². The topological polar surface area (TPSA) is 222 Å². The van der Waals surface area contributed by atoms with Crippen molar-refractivity contribution in [3.05, 3.63) is 72.9 Å². The van der Waals surface area contributed by atoms with Gasteiger partial charge in [-0.25, -0.2) is 4.57 Å². The molecule has 15 heteroatoms. The Morgan fingerprint density at radius 3 is 1.67 bits per heavy atom. The zero-order chi connectivity index (χ0) is 46.8. The van der Waals surface area contributed by atoms with Gasteiger partial charge in [-0.3, -0.25) is 18.6 Å². The fourth-order valence-electron chi connectivity index (χ4n) is 6.98. The van der Waals surface area contributed by atoms with Gasteiger partial charge in [0.25, 0.3) is 0 Å². The van der Waals surface area contributed by atoms with Crippen molar-refractivity contribution in [2.24, 2.45) is 0 Å². The van der Waals surface area contributed by atoms with Crippen LogP contribution in [0.15, 0.2) is 72.9 Å². The van der Waals surface area contributed by atoms with Crippen LogP contribution >= 0.6 is 7.82 Å². The smallest absolute Gasteiger partial charge is 0.462 e. The maximum absolute atomic E-state index is 12.8. The lowest BCUT2D eigenvalue weighted by molar-refractivity contribution is -0.220. The number of hydrogen-bond acceptors (Lipinski definition) is 13. The van der Waals surface area contributed by atoms with Crippen molar-refractivity contribution in [1.29, 1.82) is 0 Å². The van der Waals surface area contributed by atoms with Crippen molar-refractivity contribution in [3.63, 3.8) is 0 Å². The number of aliphatic hydroxyl groups excluding tert-OH is 5. The lowest BCUT2D eigenvalue weighted by atomic mass is 9.85. The number of carbonyl (C=O) groups is 2. The van der Waals surface area contributed by atoms with Crippen LogP contribution < -0.4 is 0 Å². The SMILES string of the molecule is CCCCC/C=C\C/C=C\C/C=C\C/C=C\C/C=C\CCC(=O)OC[C@H](COP(=O)(O)OC1[C@H](O)[C@H](O)C(O)[C@H](O)[C@H]1O)OC(=O)CCCCCCC/C=C\CC1OC1CCCCC. The fraction of sp³-hybridized carbons (Fsp3) is 0.714. The van der Waals surface area contributed by atoms with E-state index >= 15 is 0 Å². The molecule has 2 rings (SSSR count). The molecule has 10 atom stereocenters. The Morgan fingerprint density at radius 1 is 0.562 bits per heavy atom. The summed E-state index contributed by atoms with van der Waals surface area (Å²) in [6.45, 7) is 3.15. The van der Waals surface area contributed by atoms with E-state index in [0.29, 0.717) is 31.5 Å². The van der Waals surface area contributed by atoms with Crippen molar-refractivity contribution in [2.75, 3.05) is 13.2 Å². The Hall–Kier alpha value is -2.75. The zero-order valence-electron chi connectivity index (χ0n) is 38.5. The van der Waals surface area contributed by atoms with Gasteiger partial charge in [-0.1, -0.05) is 138 Å². The molecule has 0 radical (unpaired) electrons. The maximum atomic E-state index is 12.8. The third kappa shape index (κ3) is 27.0. The first-order chi connectivity index (χ1) is 30.9. The van der Waals surface area contributed by atoms with Gasteiger partial charge in [0.05, 0.1) is 18.8 Å². The first-order valence-corrected chi connectivity index (χ1v) is 25.4. The van der Waals surface area contributed by atoms with E-state index in [1.54, 1.807) is 0 Å². The number of allylic oxidation sites excluding steroid dienone is 11. The highest BCUT2D eigenvalue weighted by molar-refractivity contribution is 7.47. The summed E-state index contributed by atoms with van der Waals surface area (Å²) >= 11 is 0. The molecule has 366 valence electrons. The summed E-state index contributed by atoms with van der Waals surface area (Å²) in [6, 6.07) is 0. The standard InChI is InChI=1S/C49H81O14P/c1-3-5-7-8-9-10-11-12-13-14-15-16-17-18-19-20-24-27-31-35-42(50)59-37-39(38-60-64(57,58)63-49-47(55)45(53)44(52)46(54)48(49)56)61-43(51)36-32-28-25-22-21-23-26-30-34-41-40(62-41)33-29-6-4-2/h9-10,12-13,15-16,18-19,24,26-27,30,39-41,44-49,52-56H,3-8,11,14,17,20-23,25,28-29,31-38H2,1-2H3,(H,57,58)/b10-9-,13-12-,16-15-,19-18-,27-24-,30-26-/t39-,40?,41?,44?,45-,46+,47-,48-,49?/m1/s1. The van der Waals surface area contributed by atoms with Crippen molar-refractivity contribution < 1.29 is 67.8 Å². The Balaban J connectivity index is 1.73. The van der Waals surface area contributed by atoms with Crippen LogP contribution in [0, 0.1) is 0 Å². The summed E-state index contributed by atoms with van der Waals surface area (Å²) < 4.78 is 39.2. The number of phosphoric ester groups is 1. The van der Waals surface area contributed by atoms with Gasteiger partial charge < -0.3 is 44.6 Å². The number of unbranched alkanes of at least 4 members (excludes halogenated alkanes) is 10. The lowest BCUT2D eigenvalue weighted by Gasteiger charge is -2.41. The number of carbonyl (C=O) groups excluding carboxylic acids is 2. The van der Waals surface area contributed by atoms with E-state index < -0.39 is 75.7 Å². The van der Waals surface area contributed by atoms with Gasteiger partial charge in [-0.05, 0) is 77.0 Å². The average Bonchev–Trinajstić information content (AvgIpc) is 4.03. The summed E-state index contributed by atoms with van der Waals surface area (Å²) in [5.74, 6) is -1.22. The van der Waals surface area contributed by atoms with Gasteiger partial charge in [-0.2, -0.15) is 0 Å². The van der Waals surface area contributed by atoms with Gasteiger partial charge in [0, 0.05) is 12.8 Å². The molecule has 64 heavy (non-hydrogen) atoms. The van der Waals surface area contributed by atoms with Gasteiger partial charge >= 0.3 is 19.8 Å². The molecule has 2 aliphatic rings. The Labute approximate surface area is 382 Å². The molecule has 1 heterocycles. The van der Waals surface area contributed by atoms with E-state index in [1.165, 1.54) is 38.5 Å². The highest BCUT2D eigenvalue weighted by Gasteiger charge is 2.51. The molecule has 1 saturated heterocycles. The van der Waals surface area contributed by atoms with Crippen LogP contribution in [0.3, 0.4) is 0 Å². The summed E-state index contributed by atoms with van der Waals surface area (Å²) in [4.78, 5) is 35.7. The number of rotatable bonds is 37. The second-order valence-corrected chi connectivity index (χ2v) is 18.0. The Morgan fingerprint density at radius 2 is 1.06 bits per heavy atom. The molecule has 5 unspecified atom stereocenters. The van der Waals surface area contributed by atoms with Gasteiger partial charge in [0.15, 0.2) is 6.10 Å². The minimum atomic E-state index is -5.15. The monoisotopic (exact) mass is 925 g/mol. The first kappa shape index (κ1) is 57.4. The molecule has 2 fully saturated rings. The van der Waals surface area contributed by atoms with Crippen LogP contribution in [0.2, 0.25) is 0 Å². The summed E-state index contributed by atoms with van der Waals surface area (Å²) in [5.41, 5.74) is 0. The normalized spacial score (nSPS) is 25.4. The molecule has 1 aliphatic heterocycles. The molecule has 0 aromatic rings. The number of phosphoric acid groups is 1.